The van der Waals surface area contributed by atoms with Crippen molar-refractivity contribution in [2.45, 2.75) is 0 Å². The molecule has 4 rings (SSSR count). The molecule has 0 saturated heterocycles. The third kappa shape index (κ3) is 2.76. The van der Waals surface area contributed by atoms with E-state index in [1.807, 2.05) is 30.3 Å². The number of nitrogens with one attached hydrogen (secondary N) is 1. The second kappa shape index (κ2) is 6.16. The minimum absolute atomic E-state index is 0.0183. The predicted octanol–water partition coefficient (Wildman–Crippen LogP) is 5.40. The molecule has 6 nitrogen and oxygen atoms in total. The average Bonchev–Trinajstić information content (AvgIpc) is 2.99. The maximum Gasteiger partial charge on any atom is 0.288 e. The number of amides is 1. The van der Waals surface area contributed by atoms with Gasteiger partial charge in [-0.25, -0.2) is 0 Å². The van der Waals surface area contributed by atoms with E-state index in [0.717, 1.165) is 22.4 Å². The predicted molar refractivity (Wildman–Crippen MR) is 99.8 cm³/mol. The summed E-state index contributed by atoms with van der Waals surface area (Å²) in [6.45, 7) is 0. The summed E-state index contributed by atoms with van der Waals surface area (Å²) in [5.74, 6) is -0.472. The fourth-order valence-electron chi connectivity index (χ4n) is 2.80. The molecule has 4 aromatic rings. The Morgan fingerprint density at radius 2 is 1.77 bits per heavy atom. The molecular formula is C19H11ClN2O4. The molecular weight excluding hydrogens is 356 g/mol. The number of rotatable bonds is 3. The van der Waals surface area contributed by atoms with E-state index in [2.05, 4.69) is 5.32 Å². The van der Waals surface area contributed by atoms with Crippen LogP contribution in [0.15, 0.2) is 65.1 Å². The zero-order valence-corrected chi connectivity index (χ0v) is 14.0. The Morgan fingerprint density at radius 3 is 2.58 bits per heavy atom. The van der Waals surface area contributed by atoms with Gasteiger partial charge in [0.25, 0.3) is 11.6 Å². The highest BCUT2D eigenvalue weighted by Gasteiger charge is 2.17. The zero-order chi connectivity index (χ0) is 18.3. The summed E-state index contributed by atoms with van der Waals surface area (Å²) < 4.78 is 5.79. The first-order chi connectivity index (χ1) is 12.5. The van der Waals surface area contributed by atoms with E-state index in [4.69, 9.17) is 16.0 Å². The van der Waals surface area contributed by atoms with Crippen LogP contribution in [0.1, 0.15) is 10.4 Å². The van der Waals surface area contributed by atoms with E-state index in [1.165, 1.54) is 12.1 Å². The highest BCUT2D eigenvalue weighted by Crippen LogP contribution is 2.31. The molecule has 0 saturated carbocycles. The number of hydrogen-bond donors (Lipinski definition) is 1. The minimum Gasteiger partial charge on any atom is -0.456 e. The van der Waals surface area contributed by atoms with Crippen molar-refractivity contribution in [3.05, 3.63) is 81.4 Å². The molecule has 0 fully saturated rings. The SMILES string of the molecule is O=C(Nc1ccc2c(c1)oc1ccccc12)c1ccc(Cl)c([N+](=O)[O-])c1. The van der Waals surface area contributed by atoms with Gasteiger partial charge in [-0.2, -0.15) is 0 Å². The van der Waals surface area contributed by atoms with E-state index in [-0.39, 0.29) is 16.3 Å². The monoisotopic (exact) mass is 366 g/mol. The van der Waals surface area contributed by atoms with Crippen LogP contribution in [0, 0.1) is 10.1 Å². The quantitative estimate of drug-likeness (QED) is 0.388. The summed E-state index contributed by atoms with van der Waals surface area (Å²) in [7, 11) is 0. The number of fused-ring (bicyclic) bond motifs is 3. The van der Waals surface area contributed by atoms with Crippen LogP contribution in [-0.4, -0.2) is 10.8 Å². The summed E-state index contributed by atoms with van der Waals surface area (Å²) in [5, 5.41) is 15.6. The highest BCUT2D eigenvalue weighted by molar-refractivity contribution is 6.32. The number of furan rings is 1. The van der Waals surface area contributed by atoms with Crippen LogP contribution in [0.2, 0.25) is 5.02 Å². The normalized spacial score (nSPS) is 11.0. The third-order valence-corrected chi connectivity index (χ3v) is 4.36. The number of nitro benzene ring substituents is 1. The molecule has 0 aliphatic heterocycles. The first kappa shape index (κ1) is 16.1. The molecule has 3 aromatic carbocycles. The number of carbonyl (C=O) groups is 1. The lowest BCUT2D eigenvalue weighted by Crippen LogP contribution is -2.12. The van der Waals surface area contributed by atoms with E-state index >= 15 is 0 Å². The Kier molecular flexibility index (Phi) is 3.82. The van der Waals surface area contributed by atoms with Crippen molar-refractivity contribution in [2.75, 3.05) is 5.32 Å². The maximum absolute atomic E-state index is 12.4. The Morgan fingerprint density at radius 1 is 1.00 bits per heavy atom. The van der Waals surface area contributed by atoms with Gasteiger partial charge in [0.05, 0.1) is 4.92 Å². The number of anilines is 1. The smallest absolute Gasteiger partial charge is 0.288 e. The fraction of sp³-hybridized carbons (Fsp3) is 0. The number of nitrogens with zero attached hydrogens (tertiary/aromatic N) is 1. The summed E-state index contributed by atoms with van der Waals surface area (Å²) >= 11 is 5.77. The molecule has 0 radical (unpaired) electrons. The number of nitro groups is 1. The number of carbonyl (C=O) groups excluding carboxylic acids is 1. The van der Waals surface area contributed by atoms with Gasteiger partial charge in [0.2, 0.25) is 0 Å². The molecule has 0 spiro atoms. The third-order valence-electron chi connectivity index (χ3n) is 4.04. The molecule has 1 N–H and O–H groups in total. The van der Waals surface area contributed by atoms with Crippen molar-refractivity contribution < 1.29 is 14.1 Å². The van der Waals surface area contributed by atoms with E-state index in [1.54, 1.807) is 12.1 Å². The zero-order valence-electron chi connectivity index (χ0n) is 13.2. The number of hydrogen-bond acceptors (Lipinski definition) is 4. The van der Waals surface area contributed by atoms with Gasteiger partial charge in [-0.15, -0.1) is 0 Å². The summed E-state index contributed by atoms with van der Waals surface area (Å²) in [4.78, 5) is 22.7. The van der Waals surface area contributed by atoms with Gasteiger partial charge >= 0.3 is 0 Å². The van der Waals surface area contributed by atoms with Crippen LogP contribution in [0.4, 0.5) is 11.4 Å². The first-order valence-corrected chi connectivity index (χ1v) is 8.07. The van der Waals surface area contributed by atoms with Gasteiger partial charge < -0.3 is 9.73 Å². The van der Waals surface area contributed by atoms with Crippen molar-refractivity contribution >= 4 is 50.8 Å². The second-order valence-electron chi connectivity index (χ2n) is 5.69. The standard InChI is InChI=1S/C19H11ClN2O4/c20-15-8-5-11(9-16(15)22(24)25)19(23)21-12-6-7-14-13-3-1-2-4-17(13)26-18(14)10-12/h1-10H,(H,21,23). The van der Waals surface area contributed by atoms with Gasteiger partial charge in [-0.3, -0.25) is 14.9 Å². The topological polar surface area (TPSA) is 85.4 Å². The minimum atomic E-state index is -0.625. The molecule has 0 unspecified atom stereocenters. The van der Waals surface area contributed by atoms with Crippen LogP contribution in [0.3, 0.4) is 0 Å². The summed E-state index contributed by atoms with van der Waals surface area (Å²) in [5.41, 5.74) is 1.77. The molecule has 1 amide bonds. The average molecular weight is 367 g/mol. The number of benzene rings is 3. The Hall–Kier alpha value is -3.38. The van der Waals surface area contributed by atoms with Gasteiger partial charge in [0, 0.05) is 34.2 Å². The lowest BCUT2D eigenvalue weighted by molar-refractivity contribution is -0.384. The van der Waals surface area contributed by atoms with Crippen molar-refractivity contribution in [2.24, 2.45) is 0 Å². The largest absolute Gasteiger partial charge is 0.456 e. The van der Waals surface area contributed by atoms with E-state index < -0.39 is 10.8 Å². The molecule has 1 aromatic heterocycles. The molecule has 0 aliphatic rings. The van der Waals surface area contributed by atoms with Crippen LogP contribution in [0.25, 0.3) is 21.9 Å². The lowest BCUT2D eigenvalue weighted by Gasteiger charge is -2.05. The van der Waals surface area contributed by atoms with Gasteiger partial charge in [0.1, 0.15) is 16.2 Å². The van der Waals surface area contributed by atoms with E-state index in [9.17, 15) is 14.9 Å². The highest BCUT2D eigenvalue weighted by atomic mass is 35.5. The lowest BCUT2D eigenvalue weighted by atomic mass is 10.1. The molecule has 1 heterocycles. The first-order valence-electron chi connectivity index (χ1n) is 7.69. The van der Waals surface area contributed by atoms with Gasteiger partial charge in [-0.05, 0) is 30.3 Å². The van der Waals surface area contributed by atoms with Crippen molar-refractivity contribution in [1.29, 1.82) is 0 Å². The Balaban J connectivity index is 1.66. The van der Waals surface area contributed by atoms with Gasteiger partial charge in [0.15, 0.2) is 0 Å². The number of halogens is 1. The summed E-state index contributed by atoms with van der Waals surface area (Å²) in [6.07, 6.45) is 0. The molecule has 26 heavy (non-hydrogen) atoms. The maximum atomic E-state index is 12.4. The van der Waals surface area contributed by atoms with Crippen molar-refractivity contribution in [1.82, 2.24) is 0 Å². The molecule has 7 heteroatoms. The molecule has 0 atom stereocenters. The van der Waals surface area contributed by atoms with Gasteiger partial charge in [-0.1, -0.05) is 29.8 Å². The van der Waals surface area contributed by atoms with Crippen molar-refractivity contribution in [3.63, 3.8) is 0 Å². The van der Waals surface area contributed by atoms with E-state index in [0.29, 0.717) is 11.3 Å². The van der Waals surface area contributed by atoms with Crippen LogP contribution < -0.4 is 5.32 Å². The Labute approximate surface area is 152 Å². The van der Waals surface area contributed by atoms with Crippen LogP contribution in [0.5, 0.6) is 0 Å². The summed E-state index contributed by atoms with van der Waals surface area (Å²) in [6, 6.07) is 16.9. The van der Waals surface area contributed by atoms with Crippen molar-refractivity contribution in [3.8, 4) is 0 Å². The molecule has 0 bridgehead atoms. The van der Waals surface area contributed by atoms with Crippen LogP contribution >= 0.6 is 11.6 Å². The second-order valence-corrected chi connectivity index (χ2v) is 6.09. The number of para-hydroxylation sites is 1. The Bertz CT molecular complexity index is 1180. The fourth-order valence-corrected chi connectivity index (χ4v) is 2.99. The molecule has 128 valence electrons. The van der Waals surface area contributed by atoms with Crippen LogP contribution in [-0.2, 0) is 0 Å². The molecule has 0 aliphatic carbocycles.